The predicted octanol–water partition coefficient (Wildman–Crippen LogP) is 3.90. The maximum Gasteiger partial charge on any atom is 0.126 e. The van der Waals surface area contributed by atoms with E-state index in [9.17, 15) is 4.39 Å². The number of pyridine rings is 1. The van der Waals surface area contributed by atoms with E-state index in [2.05, 4.69) is 26.3 Å². The van der Waals surface area contributed by atoms with E-state index in [0.717, 1.165) is 33.6 Å². The number of halogens is 1. The van der Waals surface area contributed by atoms with Crippen molar-refractivity contribution in [1.29, 1.82) is 0 Å². The average Bonchev–Trinajstić information content (AvgIpc) is 2.96. The number of rotatable bonds is 4. The minimum atomic E-state index is -0.258. The second-order valence-electron chi connectivity index (χ2n) is 5.41. The van der Waals surface area contributed by atoms with Gasteiger partial charge in [0, 0.05) is 18.4 Å². The summed E-state index contributed by atoms with van der Waals surface area (Å²) in [6, 6.07) is 16.6. The summed E-state index contributed by atoms with van der Waals surface area (Å²) in [4.78, 5) is 12.2. The molecule has 0 saturated heterocycles. The zero-order chi connectivity index (χ0) is 15.6. The Hall–Kier alpha value is -2.95. The number of hydrogen-bond acceptors (Lipinski definition) is 3. The molecule has 4 nitrogen and oxygen atoms in total. The maximum absolute atomic E-state index is 13.2. The van der Waals surface area contributed by atoms with Crippen molar-refractivity contribution in [1.82, 2.24) is 15.0 Å². The number of aromatic amines is 1. The van der Waals surface area contributed by atoms with Gasteiger partial charge in [-0.3, -0.25) is 0 Å². The second kappa shape index (κ2) is 5.68. The summed E-state index contributed by atoms with van der Waals surface area (Å²) in [5.41, 5.74) is 2.48. The summed E-state index contributed by atoms with van der Waals surface area (Å²) in [6.07, 6.45) is 0.713. The van der Waals surface area contributed by atoms with E-state index >= 15 is 0 Å². The van der Waals surface area contributed by atoms with Gasteiger partial charge in [-0.1, -0.05) is 18.2 Å². The van der Waals surface area contributed by atoms with E-state index in [-0.39, 0.29) is 5.82 Å². The highest BCUT2D eigenvalue weighted by Gasteiger charge is 2.04. The molecule has 114 valence electrons. The Balaban J connectivity index is 1.45. The van der Waals surface area contributed by atoms with Crippen LogP contribution in [0.5, 0.6) is 0 Å². The van der Waals surface area contributed by atoms with Crippen LogP contribution in [0.3, 0.4) is 0 Å². The highest BCUT2D eigenvalue weighted by Crippen LogP contribution is 2.15. The van der Waals surface area contributed by atoms with Crippen LogP contribution in [0.4, 0.5) is 10.2 Å². The first kappa shape index (κ1) is 13.7. The summed E-state index contributed by atoms with van der Waals surface area (Å²) >= 11 is 0. The van der Waals surface area contributed by atoms with Crippen molar-refractivity contribution in [2.75, 3.05) is 11.9 Å². The van der Waals surface area contributed by atoms with E-state index in [4.69, 9.17) is 0 Å². The summed E-state index contributed by atoms with van der Waals surface area (Å²) in [5.74, 6) is 1.41. The molecular formula is C18H15FN4. The van der Waals surface area contributed by atoms with Gasteiger partial charge in [-0.25, -0.2) is 14.4 Å². The molecule has 0 aliphatic heterocycles. The van der Waals surface area contributed by atoms with Crippen LogP contribution in [0.1, 0.15) is 5.82 Å². The van der Waals surface area contributed by atoms with Gasteiger partial charge < -0.3 is 10.3 Å². The molecule has 0 spiro atoms. The number of anilines is 1. The molecule has 23 heavy (non-hydrogen) atoms. The fourth-order valence-corrected chi connectivity index (χ4v) is 2.63. The monoisotopic (exact) mass is 306 g/mol. The highest BCUT2D eigenvalue weighted by atomic mass is 19.1. The Bertz CT molecular complexity index is 977. The van der Waals surface area contributed by atoms with Crippen molar-refractivity contribution in [2.24, 2.45) is 0 Å². The van der Waals surface area contributed by atoms with Gasteiger partial charge in [-0.15, -0.1) is 0 Å². The Morgan fingerprint density at radius 2 is 1.87 bits per heavy atom. The molecule has 0 radical (unpaired) electrons. The smallest absolute Gasteiger partial charge is 0.126 e. The van der Waals surface area contributed by atoms with E-state index in [1.54, 1.807) is 6.07 Å². The molecule has 2 aromatic heterocycles. The summed E-state index contributed by atoms with van der Waals surface area (Å²) < 4.78 is 13.2. The van der Waals surface area contributed by atoms with Crippen molar-refractivity contribution in [3.05, 3.63) is 66.2 Å². The molecule has 0 bridgehead atoms. The fourth-order valence-electron chi connectivity index (χ4n) is 2.63. The number of fused-ring (bicyclic) bond motifs is 2. The Kier molecular flexibility index (Phi) is 3.38. The van der Waals surface area contributed by atoms with Crippen LogP contribution in [0, 0.1) is 5.82 Å². The van der Waals surface area contributed by atoms with Gasteiger partial charge in [0.1, 0.15) is 17.5 Å². The van der Waals surface area contributed by atoms with Gasteiger partial charge in [0.2, 0.25) is 0 Å². The third-order valence-electron chi connectivity index (χ3n) is 3.76. The number of H-pyrrole nitrogens is 1. The summed E-state index contributed by atoms with van der Waals surface area (Å²) in [6.45, 7) is 0.702. The van der Waals surface area contributed by atoms with Gasteiger partial charge in [-0.05, 0) is 36.4 Å². The zero-order valence-corrected chi connectivity index (χ0v) is 12.4. The molecule has 0 aliphatic carbocycles. The van der Waals surface area contributed by atoms with Crippen molar-refractivity contribution >= 4 is 27.8 Å². The zero-order valence-electron chi connectivity index (χ0n) is 12.4. The molecule has 0 atom stereocenters. The number of benzene rings is 2. The van der Waals surface area contributed by atoms with Gasteiger partial charge in [0.25, 0.3) is 0 Å². The van der Waals surface area contributed by atoms with Crippen molar-refractivity contribution < 1.29 is 4.39 Å². The van der Waals surface area contributed by atoms with Crippen LogP contribution in [-0.2, 0) is 6.42 Å². The van der Waals surface area contributed by atoms with Gasteiger partial charge in [0.15, 0.2) is 0 Å². The van der Waals surface area contributed by atoms with E-state index in [0.29, 0.717) is 13.0 Å². The standard InChI is InChI=1S/C18H15FN4/c19-13-6-7-15-16(11-13)23-18(22-15)9-10-20-17-8-5-12-3-1-2-4-14(12)21-17/h1-8,11H,9-10H2,(H,20,21)(H,22,23). The molecule has 5 heteroatoms. The Morgan fingerprint density at radius 3 is 2.83 bits per heavy atom. The SMILES string of the molecule is Fc1ccc2nc(CCNc3ccc4ccccc4n3)[nH]c2c1. The molecule has 4 rings (SSSR count). The van der Waals surface area contributed by atoms with Crippen LogP contribution in [0.15, 0.2) is 54.6 Å². The second-order valence-corrected chi connectivity index (χ2v) is 5.41. The third kappa shape index (κ3) is 2.85. The normalized spacial score (nSPS) is 11.2. The van der Waals surface area contributed by atoms with Crippen LogP contribution in [0.25, 0.3) is 21.9 Å². The van der Waals surface area contributed by atoms with Gasteiger partial charge >= 0.3 is 0 Å². The van der Waals surface area contributed by atoms with Gasteiger partial charge in [-0.2, -0.15) is 0 Å². The molecular weight excluding hydrogens is 291 g/mol. The van der Waals surface area contributed by atoms with E-state index < -0.39 is 0 Å². The first-order valence-corrected chi connectivity index (χ1v) is 7.52. The number of imidazole rings is 1. The maximum atomic E-state index is 13.2. The minimum absolute atomic E-state index is 0.258. The van der Waals surface area contributed by atoms with Crippen molar-refractivity contribution in [3.63, 3.8) is 0 Å². The number of para-hydroxylation sites is 1. The average molecular weight is 306 g/mol. The van der Waals surface area contributed by atoms with Crippen LogP contribution in [-0.4, -0.2) is 21.5 Å². The first-order chi connectivity index (χ1) is 11.3. The lowest BCUT2D eigenvalue weighted by molar-refractivity contribution is 0.629. The van der Waals surface area contributed by atoms with E-state index in [1.165, 1.54) is 12.1 Å². The quantitative estimate of drug-likeness (QED) is 0.601. The molecule has 2 aromatic carbocycles. The third-order valence-corrected chi connectivity index (χ3v) is 3.76. The molecule has 0 unspecified atom stereocenters. The topological polar surface area (TPSA) is 53.6 Å². The lowest BCUT2D eigenvalue weighted by Crippen LogP contribution is -2.07. The lowest BCUT2D eigenvalue weighted by atomic mass is 10.2. The van der Waals surface area contributed by atoms with Crippen molar-refractivity contribution in [2.45, 2.75) is 6.42 Å². The Morgan fingerprint density at radius 1 is 0.957 bits per heavy atom. The molecule has 0 amide bonds. The number of hydrogen-bond donors (Lipinski definition) is 2. The highest BCUT2D eigenvalue weighted by molar-refractivity contribution is 5.80. The molecule has 0 saturated carbocycles. The Labute approximate surface area is 132 Å². The molecule has 4 aromatic rings. The van der Waals surface area contributed by atoms with Crippen LogP contribution < -0.4 is 5.32 Å². The molecule has 0 fully saturated rings. The van der Waals surface area contributed by atoms with Crippen LogP contribution in [0.2, 0.25) is 0 Å². The molecule has 0 aliphatic rings. The molecule has 2 N–H and O–H groups in total. The first-order valence-electron chi connectivity index (χ1n) is 7.52. The lowest BCUT2D eigenvalue weighted by Gasteiger charge is -2.05. The number of nitrogens with one attached hydrogen (secondary N) is 2. The van der Waals surface area contributed by atoms with Crippen LogP contribution >= 0.6 is 0 Å². The summed E-state index contributed by atoms with van der Waals surface area (Å²) in [7, 11) is 0. The van der Waals surface area contributed by atoms with E-state index in [1.807, 2.05) is 30.3 Å². The number of aromatic nitrogens is 3. The van der Waals surface area contributed by atoms with Crippen molar-refractivity contribution in [3.8, 4) is 0 Å². The minimum Gasteiger partial charge on any atom is -0.370 e. The summed E-state index contributed by atoms with van der Waals surface area (Å²) in [5, 5.41) is 4.42. The largest absolute Gasteiger partial charge is 0.370 e. The molecule has 2 heterocycles. The predicted molar refractivity (Wildman–Crippen MR) is 90.0 cm³/mol. The fraction of sp³-hybridized carbons (Fsp3) is 0.111. The van der Waals surface area contributed by atoms with Gasteiger partial charge in [0.05, 0.1) is 16.6 Å². The number of nitrogens with zero attached hydrogens (tertiary/aromatic N) is 2.